The van der Waals surface area contributed by atoms with E-state index in [0.717, 1.165) is 66.4 Å². The van der Waals surface area contributed by atoms with Crippen molar-refractivity contribution in [2.45, 2.75) is 19.8 Å². The molecular weight excluding hydrogens is 272 g/mol. The highest BCUT2D eigenvalue weighted by Crippen LogP contribution is 2.32. The highest BCUT2D eigenvalue weighted by atomic mass is 32.1. The number of thiophene rings is 1. The minimum Gasteiger partial charge on any atom is -0.495 e. The Morgan fingerprint density at radius 2 is 2.00 bits per heavy atom. The maximum atomic E-state index is 12.7. The summed E-state index contributed by atoms with van der Waals surface area (Å²) in [6.07, 6.45) is 2.24. The summed E-state index contributed by atoms with van der Waals surface area (Å²) in [5.74, 6) is 2.37. The molecule has 3 rings (SSSR count). The molecule has 0 saturated carbocycles. The Morgan fingerprint density at radius 3 is 2.60 bits per heavy atom. The first-order chi connectivity index (χ1) is 9.69. The van der Waals surface area contributed by atoms with Crippen molar-refractivity contribution in [3.63, 3.8) is 0 Å². The molecule has 2 aliphatic rings. The van der Waals surface area contributed by atoms with Gasteiger partial charge in [0, 0.05) is 18.0 Å². The summed E-state index contributed by atoms with van der Waals surface area (Å²) in [6.45, 7) is 6.01. The van der Waals surface area contributed by atoms with Crippen molar-refractivity contribution < 1.29 is 9.53 Å². The second-order valence-corrected chi connectivity index (χ2v) is 7.06. The quantitative estimate of drug-likeness (QED) is 0.908. The maximum Gasteiger partial charge on any atom is 0.267 e. The van der Waals surface area contributed by atoms with Gasteiger partial charge in [-0.2, -0.15) is 0 Å². The summed E-state index contributed by atoms with van der Waals surface area (Å²) >= 11 is 1.54. The molecule has 110 valence electrons. The van der Waals surface area contributed by atoms with Gasteiger partial charge in [-0.15, -0.1) is 11.3 Å². The molecule has 1 aromatic rings. The lowest BCUT2D eigenvalue weighted by molar-refractivity contribution is 0.0760. The van der Waals surface area contributed by atoms with Crippen molar-refractivity contribution in [2.24, 2.45) is 11.8 Å². The van der Waals surface area contributed by atoms with Gasteiger partial charge in [0.15, 0.2) is 0 Å². The molecule has 5 heteroatoms. The van der Waals surface area contributed by atoms with E-state index in [9.17, 15) is 4.79 Å². The van der Waals surface area contributed by atoms with Gasteiger partial charge in [0.05, 0.1) is 7.11 Å². The molecular formula is C15H22N2O2S. The highest BCUT2D eigenvalue weighted by Gasteiger charge is 2.32. The first-order valence-electron chi connectivity index (χ1n) is 7.33. The standard InChI is InChI=1S/C15H22N2O2S/c1-10-7-13(19-2)14(20-10)15(18)17-5-3-11-8-16-9-12(11)4-6-17/h7,11-12,16H,3-6,8-9H2,1-2H3/t11-,12+. The Bertz CT molecular complexity index is 486. The molecule has 2 atom stereocenters. The predicted octanol–water partition coefficient (Wildman–Crippen LogP) is 2.14. The topological polar surface area (TPSA) is 41.6 Å². The van der Waals surface area contributed by atoms with Crippen molar-refractivity contribution in [1.82, 2.24) is 10.2 Å². The van der Waals surface area contributed by atoms with Gasteiger partial charge in [-0.1, -0.05) is 0 Å². The normalized spacial score (nSPS) is 26.2. The molecule has 0 unspecified atom stereocenters. The van der Waals surface area contributed by atoms with Gasteiger partial charge in [-0.25, -0.2) is 0 Å². The van der Waals surface area contributed by atoms with E-state index < -0.39 is 0 Å². The number of nitrogens with zero attached hydrogens (tertiary/aromatic N) is 1. The summed E-state index contributed by atoms with van der Waals surface area (Å²) in [6, 6.07) is 1.95. The lowest BCUT2D eigenvalue weighted by Crippen LogP contribution is -2.32. The third-order valence-corrected chi connectivity index (χ3v) is 5.56. The van der Waals surface area contributed by atoms with E-state index in [1.807, 2.05) is 17.9 Å². The Labute approximate surface area is 124 Å². The van der Waals surface area contributed by atoms with Gasteiger partial charge >= 0.3 is 0 Å². The third kappa shape index (κ3) is 2.56. The summed E-state index contributed by atoms with van der Waals surface area (Å²) in [4.78, 5) is 16.6. The van der Waals surface area contributed by atoms with E-state index >= 15 is 0 Å². The fraction of sp³-hybridized carbons (Fsp3) is 0.667. The molecule has 4 nitrogen and oxygen atoms in total. The monoisotopic (exact) mass is 294 g/mol. The third-order valence-electron chi connectivity index (χ3n) is 4.54. The summed E-state index contributed by atoms with van der Waals surface area (Å²) in [7, 11) is 1.64. The van der Waals surface area contributed by atoms with Gasteiger partial charge < -0.3 is 15.0 Å². The van der Waals surface area contributed by atoms with Crippen LogP contribution in [0.2, 0.25) is 0 Å². The first-order valence-corrected chi connectivity index (χ1v) is 8.15. The molecule has 1 aromatic heterocycles. The van der Waals surface area contributed by atoms with E-state index in [4.69, 9.17) is 4.74 Å². The van der Waals surface area contributed by atoms with Crippen LogP contribution in [-0.4, -0.2) is 44.1 Å². The molecule has 2 saturated heterocycles. The van der Waals surface area contributed by atoms with E-state index in [2.05, 4.69) is 5.32 Å². The van der Waals surface area contributed by atoms with Crippen LogP contribution in [0, 0.1) is 18.8 Å². The van der Waals surface area contributed by atoms with Crippen LogP contribution in [0.25, 0.3) is 0 Å². The number of methoxy groups -OCH3 is 1. The van der Waals surface area contributed by atoms with E-state index in [1.165, 1.54) is 0 Å². The number of hydrogen-bond acceptors (Lipinski definition) is 4. The molecule has 0 radical (unpaired) electrons. The van der Waals surface area contributed by atoms with Crippen molar-refractivity contribution >= 4 is 17.2 Å². The highest BCUT2D eigenvalue weighted by molar-refractivity contribution is 7.14. The second kappa shape index (κ2) is 5.74. The van der Waals surface area contributed by atoms with Crippen molar-refractivity contribution in [3.8, 4) is 5.75 Å². The van der Waals surface area contributed by atoms with Crippen LogP contribution in [0.3, 0.4) is 0 Å². The van der Waals surface area contributed by atoms with Crippen LogP contribution < -0.4 is 10.1 Å². The Balaban J connectivity index is 1.73. The Kier molecular flexibility index (Phi) is 3.98. The second-order valence-electron chi connectivity index (χ2n) is 5.80. The molecule has 2 fully saturated rings. The first kappa shape index (κ1) is 13.9. The zero-order chi connectivity index (χ0) is 14.1. The zero-order valence-electron chi connectivity index (χ0n) is 12.1. The van der Waals surface area contributed by atoms with Crippen molar-refractivity contribution in [2.75, 3.05) is 33.3 Å². The number of likely N-dealkylation sites (tertiary alicyclic amines) is 1. The zero-order valence-corrected chi connectivity index (χ0v) is 13.0. The number of fused-ring (bicyclic) bond motifs is 1. The maximum absolute atomic E-state index is 12.7. The van der Waals surface area contributed by atoms with Crippen LogP contribution in [0.5, 0.6) is 5.75 Å². The summed E-state index contributed by atoms with van der Waals surface area (Å²) in [5, 5.41) is 3.47. The average molecular weight is 294 g/mol. The fourth-order valence-electron chi connectivity index (χ4n) is 3.36. The number of ether oxygens (including phenoxy) is 1. The number of hydrogen-bond donors (Lipinski definition) is 1. The van der Waals surface area contributed by atoms with Gasteiger partial charge in [-0.3, -0.25) is 4.79 Å². The van der Waals surface area contributed by atoms with Crippen LogP contribution in [0.15, 0.2) is 6.07 Å². The molecule has 2 aliphatic heterocycles. The van der Waals surface area contributed by atoms with Gasteiger partial charge in [0.25, 0.3) is 5.91 Å². The van der Waals surface area contributed by atoms with Crippen LogP contribution >= 0.6 is 11.3 Å². The van der Waals surface area contributed by atoms with Crippen LogP contribution in [0.4, 0.5) is 0 Å². The van der Waals surface area contributed by atoms with E-state index in [-0.39, 0.29) is 5.91 Å². The van der Waals surface area contributed by atoms with Crippen LogP contribution in [0.1, 0.15) is 27.4 Å². The number of rotatable bonds is 2. The number of carbonyl (C=O) groups excluding carboxylic acids is 1. The smallest absolute Gasteiger partial charge is 0.267 e. The molecule has 1 N–H and O–H groups in total. The van der Waals surface area contributed by atoms with Gasteiger partial charge in [-0.05, 0) is 50.8 Å². The molecule has 0 aliphatic carbocycles. The fourth-order valence-corrected chi connectivity index (χ4v) is 4.30. The number of nitrogens with one attached hydrogen (secondary N) is 1. The largest absolute Gasteiger partial charge is 0.495 e. The average Bonchev–Trinajstić information content (AvgIpc) is 3.00. The molecule has 0 bridgehead atoms. The molecule has 0 aromatic carbocycles. The molecule has 0 spiro atoms. The minimum atomic E-state index is 0.146. The molecule has 1 amide bonds. The van der Waals surface area contributed by atoms with Gasteiger partial charge in [0.2, 0.25) is 0 Å². The molecule has 20 heavy (non-hydrogen) atoms. The lowest BCUT2D eigenvalue weighted by Gasteiger charge is -2.20. The SMILES string of the molecule is COc1cc(C)sc1C(=O)N1CC[C@@H]2CNC[C@@H]2CC1. The minimum absolute atomic E-state index is 0.146. The van der Waals surface area contributed by atoms with Crippen LogP contribution in [-0.2, 0) is 0 Å². The van der Waals surface area contributed by atoms with E-state index in [0.29, 0.717) is 0 Å². The van der Waals surface area contributed by atoms with E-state index in [1.54, 1.807) is 18.4 Å². The number of amides is 1. The molecule has 3 heterocycles. The lowest BCUT2D eigenvalue weighted by atomic mass is 9.92. The Morgan fingerprint density at radius 1 is 1.35 bits per heavy atom. The number of carbonyl (C=O) groups is 1. The summed E-state index contributed by atoms with van der Waals surface area (Å²) < 4.78 is 5.34. The summed E-state index contributed by atoms with van der Waals surface area (Å²) in [5.41, 5.74) is 0. The predicted molar refractivity (Wildman–Crippen MR) is 80.6 cm³/mol. The van der Waals surface area contributed by atoms with Crippen molar-refractivity contribution in [3.05, 3.63) is 15.8 Å². The Hall–Kier alpha value is -1.07. The van der Waals surface area contributed by atoms with Crippen molar-refractivity contribution in [1.29, 1.82) is 0 Å². The number of aryl methyl sites for hydroxylation is 1. The van der Waals surface area contributed by atoms with Gasteiger partial charge in [0.1, 0.15) is 10.6 Å².